The van der Waals surface area contributed by atoms with Gasteiger partial charge in [0.15, 0.2) is 0 Å². The lowest BCUT2D eigenvalue weighted by molar-refractivity contribution is 0.0693. The quantitative estimate of drug-likeness (QED) is 0.850. The van der Waals surface area contributed by atoms with Crippen LogP contribution in [0, 0.1) is 0 Å². The van der Waals surface area contributed by atoms with Crippen molar-refractivity contribution in [2.45, 2.75) is 39.3 Å². The van der Waals surface area contributed by atoms with E-state index in [0.717, 1.165) is 17.0 Å². The molecule has 0 radical (unpaired) electrons. The Labute approximate surface area is 142 Å². The van der Waals surface area contributed by atoms with Gasteiger partial charge >= 0.3 is 5.97 Å². The Morgan fingerprint density at radius 2 is 2.00 bits per heavy atom. The lowest BCUT2D eigenvalue weighted by atomic mass is 9.92. The number of carboxylic acid groups (broad SMARTS) is 1. The molecule has 24 heavy (non-hydrogen) atoms. The van der Waals surface area contributed by atoms with Gasteiger partial charge in [0.2, 0.25) is 0 Å². The summed E-state index contributed by atoms with van der Waals surface area (Å²) in [7, 11) is 3.46. The molecule has 0 saturated heterocycles. The fraction of sp³-hybridized carbons (Fsp3) is 0.444. The summed E-state index contributed by atoms with van der Waals surface area (Å²) in [5, 5.41) is 16.7. The van der Waals surface area contributed by atoms with Gasteiger partial charge in [0.05, 0.1) is 12.8 Å². The number of rotatable bonds is 6. The van der Waals surface area contributed by atoms with E-state index in [1.807, 2.05) is 13.1 Å². The maximum atomic E-state index is 11.3. The van der Waals surface area contributed by atoms with Crippen molar-refractivity contribution in [2.24, 2.45) is 0 Å². The molecule has 1 aromatic carbocycles. The topological polar surface area (TPSA) is 78.5 Å². The van der Waals surface area contributed by atoms with Crippen LogP contribution >= 0.6 is 0 Å². The highest BCUT2D eigenvalue weighted by Gasteiger charge is 2.18. The second kappa shape index (κ2) is 7.05. The average molecular weight is 331 g/mol. The summed E-state index contributed by atoms with van der Waals surface area (Å²) in [6.07, 6.45) is 0. The molecule has 0 aliphatic heterocycles. The summed E-state index contributed by atoms with van der Waals surface area (Å²) in [5.74, 6) is -0.614. The van der Waals surface area contributed by atoms with Crippen LogP contribution in [0.4, 0.5) is 0 Å². The molecule has 0 aliphatic rings. The number of H-pyrrole nitrogens is 1. The van der Waals surface area contributed by atoms with E-state index in [2.05, 4.69) is 41.9 Å². The number of ether oxygens (including phenoxy) is 1. The molecule has 2 aromatic rings. The Morgan fingerprint density at radius 1 is 1.29 bits per heavy atom. The Kier molecular flexibility index (Phi) is 5.29. The molecule has 0 amide bonds. The maximum Gasteiger partial charge on any atom is 0.339 e. The van der Waals surface area contributed by atoms with Gasteiger partial charge in [0.1, 0.15) is 11.3 Å². The summed E-state index contributed by atoms with van der Waals surface area (Å²) >= 11 is 0. The number of carboxylic acids is 1. The molecule has 2 rings (SSSR count). The first-order chi connectivity index (χ1) is 11.2. The molecule has 6 nitrogen and oxygen atoms in total. The van der Waals surface area contributed by atoms with Gasteiger partial charge in [-0.05, 0) is 30.8 Å². The third-order valence-corrected chi connectivity index (χ3v) is 3.79. The summed E-state index contributed by atoms with van der Waals surface area (Å²) in [6.45, 7) is 7.72. The van der Waals surface area contributed by atoms with E-state index in [1.54, 1.807) is 12.1 Å². The highest BCUT2D eigenvalue weighted by Crippen LogP contribution is 2.22. The van der Waals surface area contributed by atoms with Crippen LogP contribution in [0.5, 0.6) is 5.75 Å². The molecule has 0 spiro atoms. The molecule has 0 fully saturated rings. The van der Waals surface area contributed by atoms with Crippen molar-refractivity contribution in [1.29, 1.82) is 0 Å². The predicted molar refractivity (Wildman–Crippen MR) is 92.4 cm³/mol. The van der Waals surface area contributed by atoms with E-state index in [0.29, 0.717) is 18.8 Å². The number of benzene rings is 1. The van der Waals surface area contributed by atoms with E-state index in [1.165, 1.54) is 7.11 Å². The summed E-state index contributed by atoms with van der Waals surface area (Å²) in [5.41, 5.74) is 3.18. The number of hydrogen-bond acceptors (Lipinski definition) is 4. The number of aromatic carboxylic acids is 1. The van der Waals surface area contributed by atoms with Crippen LogP contribution in [0.1, 0.15) is 48.1 Å². The first-order valence-electron chi connectivity index (χ1n) is 7.84. The van der Waals surface area contributed by atoms with Crippen LogP contribution in [-0.2, 0) is 18.5 Å². The molecule has 1 heterocycles. The van der Waals surface area contributed by atoms with Crippen LogP contribution in [0.2, 0.25) is 0 Å². The van der Waals surface area contributed by atoms with E-state index in [9.17, 15) is 9.90 Å². The third kappa shape index (κ3) is 4.35. The zero-order chi connectivity index (χ0) is 17.9. The molecule has 6 heteroatoms. The molecule has 0 aliphatic carbocycles. The first-order valence-corrected chi connectivity index (χ1v) is 7.84. The molecule has 2 N–H and O–H groups in total. The number of nitrogens with zero attached hydrogens (tertiary/aromatic N) is 2. The van der Waals surface area contributed by atoms with Gasteiger partial charge in [0.25, 0.3) is 0 Å². The molecule has 0 saturated carbocycles. The Bertz CT molecular complexity index is 717. The number of aromatic nitrogens is 2. The summed E-state index contributed by atoms with van der Waals surface area (Å²) in [6, 6.07) is 7.31. The standard InChI is InChI=1S/C18H25N3O3/c1-18(2,3)16-9-13(19-20-16)11-21(4)10-12-6-7-15(24-5)14(8-12)17(22)23/h6-9H,10-11H2,1-5H3,(H,19,20)(H,22,23). The lowest BCUT2D eigenvalue weighted by Crippen LogP contribution is -2.18. The van der Waals surface area contributed by atoms with E-state index >= 15 is 0 Å². The summed E-state index contributed by atoms with van der Waals surface area (Å²) < 4.78 is 5.09. The van der Waals surface area contributed by atoms with Crippen LogP contribution in [0.15, 0.2) is 24.3 Å². The zero-order valence-corrected chi connectivity index (χ0v) is 14.9. The van der Waals surface area contributed by atoms with Crippen molar-refractivity contribution in [3.05, 3.63) is 46.8 Å². The highest BCUT2D eigenvalue weighted by atomic mass is 16.5. The summed E-state index contributed by atoms with van der Waals surface area (Å²) in [4.78, 5) is 13.4. The minimum atomic E-state index is -0.986. The number of carbonyl (C=O) groups is 1. The third-order valence-electron chi connectivity index (χ3n) is 3.79. The largest absolute Gasteiger partial charge is 0.496 e. The Balaban J connectivity index is 2.07. The van der Waals surface area contributed by atoms with Crippen LogP contribution in [-0.4, -0.2) is 40.3 Å². The zero-order valence-electron chi connectivity index (χ0n) is 14.9. The van der Waals surface area contributed by atoms with Crippen molar-refractivity contribution < 1.29 is 14.6 Å². The van der Waals surface area contributed by atoms with Crippen LogP contribution in [0.3, 0.4) is 0 Å². The minimum Gasteiger partial charge on any atom is -0.496 e. The predicted octanol–water partition coefficient (Wildman–Crippen LogP) is 3.05. The molecular weight excluding hydrogens is 306 g/mol. The van der Waals surface area contributed by atoms with Crippen LogP contribution < -0.4 is 4.74 Å². The van der Waals surface area contributed by atoms with Crippen molar-refractivity contribution >= 4 is 5.97 Å². The molecular formula is C18H25N3O3. The molecule has 0 unspecified atom stereocenters. The number of methoxy groups -OCH3 is 1. The number of hydrogen-bond donors (Lipinski definition) is 2. The first kappa shape index (κ1) is 18.0. The fourth-order valence-electron chi connectivity index (χ4n) is 2.51. The van der Waals surface area contributed by atoms with Crippen molar-refractivity contribution in [3.8, 4) is 5.75 Å². The van der Waals surface area contributed by atoms with Crippen LogP contribution in [0.25, 0.3) is 0 Å². The lowest BCUT2D eigenvalue weighted by Gasteiger charge is -2.17. The van der Waals surface area contributed by atoms with Gasteiger partial charge in [-0.3, -0.25) is 10.00 Å². The number of nitrogens with one attached hydrogen (secondary N) is 1. The maximum absolute atomic E-state index is 11.3. The van der Waals surface area contributed by atoms with Crippen molar-refractivity contribution in [3.63, 3.8) is 0 Å². The molecule has 0 atom stereocenters. The number of aromatic amines is 1. The fourth-order valence-corrected chi connectivity index (χ4v) is 2.51. The van der Waals surface area contributed by atoms with Gasteiger partial charge in [-0.2, -0.15) is 5.10 Å². The average Bonchev–Trinajstić information content (AvgIpc) is 2.95. The van der Waals surface area contributed by atoms with Crippen molar-refractivity contribution in [1.82, 2.24) is 15.1 Å². The second-order valence-electron chi connectivity index (χ2n) is 7.04. The second-order valence-corrected chi connectivity index (χ2v) is 7.04. The van der Waals surface area contributed by atoms with E-state index in [4.69, 9.17) is 4.74 Å². The molecule has 0 bridgehead atoms. The van der Waals surface area contributed by atoms with Gasteiger partial charge in [0, 0.05) is 24.2 Å². The molecule has 1 aromatic heterocycles. The van der Waals surface area contributed by atoms with Gasteiger partial charge in [-0.15, -0.1) is 0 Å². The van der Waals surface area contributed by atoms with E-state index in [-0.39, 0.29) is 11.0 Å². The van der Waals surface area contributed by atoms with Gasteiger partial charge in [-0.25, -0.2) is 4.79 Å². The SMILES string of the molecule is COc1ccc(CN(C)Cc2cc(C(C)(C)C)n[nH]2)cc1C(=O)O. The smallest absolute Gasteiger partial charge is 0.339 e. The van der Waals surface area contributed by atoms with Crippen molar-refractivity contribution in [2.75, 3.05) is 14.2 Å². The van der Waals surface area contributed by atoms with Gasteiger partial charge in [-0.1, -0.05) is 26.8 Å². The van der Waals surface area contributed by atoms with E-state index < -0.39 is 5.97 Å². The Hall–Kier alpha value is -2.34. The highest BCUT2D eigenvalue weighted by molar-refractivity contribution is 5.91. The normalized spacial score (nSPS) is 11.8. The Morgan fingerprint density at radius 3 is 2.54 bits per heavy atom. The monoisotopic (exact) mass is 331 g/mol. The minimum absolute atomic E-state index is 0.0136. The molecule has 130 valence electrons. The van der Waals surface area contributed by atoms with Gasteiger partial charge < -0.3 is 9.84 Å².